The molecule has 1 aromatic rings. The van der Waals surface area contributed by atoms with E-state index in [-0.39, 0.29) is 5.91 Å². The molecule has 5 nitrogen and oxygen atoms in total. The molecular formula is C14H20N2O3. The summed E-state index contributed by atoms with van der Waals surface area (Å²) < 4.78 is 11.1. The molecule has 1 aliphatic rings. The first-order valence-corrected chi connectivity index (χ1v) is 6.56. The summed E-state index contributed by atoms with van der Waals surface area (Å²) in [6.07, 6.45) is 2.26. The normalized spacial score (nSPS) is 19.5. The van der Waals surface area contributed by atoms with Crippen molar-refractivity contribution in [2.24, 2.45) is 5.73 Å². The summed E-state index contributed by atoms with van der Waals surface area (Å²) in [7, 11) is 1.58. The molecule has 2 rings (SSSR count). The fourth-order valence-corrected chi connectivity index (χ4v) is 2.11. The van der Waals surface area contributed by atoms with Gasteiger partial charge in [-0.3, -0.25) is 4.79 Å². The van der Waals surface area contributed by atoms with Crippen molar-refractivity contribution >= 4 is 5.91 Å². The second-order valence-corrected chi connectivity index (χ2v) is 4.58. The predicted molar refractivity (Wildman–Crippen MR) is 72.2 cm³/mol. The molecule has 5 heteroatoms. The highest BCUT2D eigenvalue weighted by Gasteiger charge is 2.23. The van der Waals surface area contributed by atoms with Crippen LogP contribution in [0.25, 0.3) is 0 Å². The fourth-order valence-electron chi connectivity index (χ4n) is 2.11. The summed E-state index contributed by atoms with van der Waals surface area (Å²) in [5.74, 6) is 1.14. The quantitative estimate of drug-likeness (QED) is 0.857. The monoisotopic (exact) mass is 264 g/mol. The zero-order chi connectivity index (χ0) is 13.7. The predicted octanol–water partition coefficient (Wildman–Crippen LogP) is 1.20. The lowest BCUT2D eigenvalue weighted by atomic mass is 10.1. The first-order chi connectivity index (χ1) is 9.24. The van der Waals surface area contributed by atoms with Crippen molar-refractivity contribution in [3.8, 4) is 11.5 Å². The number of hydrogen-bond acceptors (Lipinski definition) is 4. The zero-order valence-corrected chi connectivity index (χ0v) is 11.1. The van der Waals surface area contributed by atoms with Crippen LogP contribution in [-0.2, 0) is 11.3 Å². The van der Waals surface area contributed by atoms with E-state index in [0.717, 1.165) is 31.4 Å². The van der Waals surface area contributed by atoms with Gasteiger partial charge >= 0.3 is 0 Å². The molecule has 1 heterocycles. The van der Waals surface area contributed by atoms with Crippen molar-refractivity contribution in [2.45, 2.75) is 31.9 Å². The van der Waals surface area contributed by atoms with Crippen LogP contribution in [0.4, 0.5) is 0 Å². The van der Waals surface area contributed by atoms with Gasteiger partial charge in [0.25, 0.3) is 5.91 Å². The highest BCUT2D eigenvalue weighted by molar-refractivity contribution is 5.81. The van der Waals surface area contributed by atoms with E-state index in [1.165, 1.54) is 0 Å². The Morgan fingerprint density at radius 2 is 2.21 bits per heavy atom. The molecule has 1 fully saturated rings. The number of hydrogen-bond donors (Lipinski definition) is 2. The number of nitrogens with two attached hydrogens (primary N) is 1. The van der Waals surface area contributed by atoms with Gasteiger partial charge in [-0.25, -0.2) is 0 Å². The SMILES string of the molecule is COc1cc(CN)ccc1OC1CCCCNC1=O. The minimum absolute atomic E-state index is 0.0533. The van der Waals surface area contributed by atoms with Gasteiger partial charge in [-0.15, -0.1) is 0 Å². The Balaban J connectivity index is 2.15. The Hall–Kier alpha value is -1.75. The Kier molecular flexibility index (Phi) is 4.63. The molecule has 1 atom stereocenters. The second kappa shape index (κ2) is 6.43. The molecule has 1 aromatic carbocycles. The molecule has 1 unspecified atom stereocenters. The molecule has 0 aromatic heterocycles. The van der Waals surface area contributed by atoms with Gasteiger partial charge in [0.15, 0.2) is 17.6 Å². The van der Waals surface area contributed by atoms with Gasteiger partial charge in [-0.1, -0.05) is 6.07 Å². The van der Waals surface area contributed by atoms with E-state index in [1.54, 1.807) is 13.2 Å². The number of methoxy groups -OCH3 is 1. The van der Waals surface area contributed by atoms with Crippen LogP contribution in [0.3, 0.4) is 0 Å². The third kappa shape index (κ3) is 3.38. The summed E-state index contributed by atoms with van der Waals surface area (Å²) in [5.41, 5.74) is 6.56. The molecule has 0 spiro atoms. The number of amides is 1. The summed E-state index contributed by atoms with van der Waals surface area (Å²) >= 11 is 0. The first-order valence-electron chi connectivity index (χ1n) is 6.56. The maximum absolute atomic E-state index is 11.8. The number of carbonyl (C=O) groups is 1. The minimum Gasteiger partial charge on any atom is -0.493 e. The highest BCUT2D eigenvalue weighted by Crippen LogP contribution is 2.29. The molecular weight excluding hydrogens is 244 g/mol. The molecule has 104 valence electrons. The van der Waals surface area contributed by atoms with Crippen molar-refractivity contribution in [2.75, 3.05) is 13.7 Å². The average Bonchev–Trinajstić information content (AvgIpc) is 2.64. The number of benzene rings is 1. The Labute approximate surface area is 113 Å². The summed E-state index contributed by atoms with van der Waals surface area (Å²) in [5, 5.41) is 2.85. The van der Waals surface area contributed by atoms with Crippen molar-refractivity contribution in [3.05, 3.63) is 23.8 Å². The third-order valence-electron chi connectivity index (χ3n) is 3.22. The van der Waals surface area contributed by atoms with Crippen molar-refractivity contribution < 1.29 is 14.3 Å². The van der Waals surface area contributed by atoms with Crippen LogP contribution in [0.5, 0.6) is 11.5 Å². The van der Waals surface area contributed by atoms with E-state index >= 15 is 0 Å². The lowest BCUT2D eigenvalue weighted by molar-refractivity contribution is -0.127. The van der Waals surface area contributed by atoms with E-state index in [2.05, 4.69) is 5.32 Å². The number of ether oxygens (including phenoxy) is 2. The van der Waals surface area contributed by atoms with Gasteiger partial charge in [0.1, 0.15) is 0 Å². The van der Waals surface area contributed by atoms with Crippen molar-refractivity contribution in [3.63, 3.8) is 0 Å². The molecule has 0 aliphatic carbocycles. The summed E-state index contributed by atoms with van der Waals surface area (Å²) in [6, 6.07) is 5.52. The lowest BCUT2D eigenvalue weighted by Gasteiger charge is -2.18. The van der Waals surface area contributed by atoms with E-state index < -0.39 is 6.10 Å². The smallest absolute Gasteiger partial charge is 0.261 e. The topological polar surface area (TPSA) is 73.6 Å². The fraction of sp³-hybridized carbons (Fsp3) is 0.500. The largest absolute Gasteiger partial charge is 0.493 e. The molecule has 19 heavy (non-hydrogen) atoms. The van der Waals surface area contributed by atoms with Gasteiger partial charge in [0.2, 0.25) is 0 Å². The van der Waals surface area contributed by atoms with Crippen LogP contribution in [0.1, 0.15) is 24.8 Å². The molecule has 1 amide bonds. The van der Waals surface area contributed by atoms with Gasteiger partial charge in [0, 0.05) is 13.1 Å². The maximum atomic E-state index is 11.8. The van der Waals surface area contributed by atoms with E-state index in [1.807, 2.05) is 12.1 Å². The Morgan fingerprint density at radius 1 is 1.37 bits per heavy atom. The molecule has 3 N–H and O–H groups in total. The third-order valence-corrected chi connectivity index (χ3v) is 3.22. The molecule has 0 bridgehead atoms. The van der Waals surface area contributed by atoms with Crippen LogP contribution in [0, 0.1) is 0 Å². The van der Waals surface area contributed by atoms with Crippen molar-refractivity contribution in [1.82, 2.24) is 5.32 Å². The van der Waals surface area contributed by atoms with Crippen LogP contribution >= 0.6 is 0 Å². The highest BCUT2D eigenvalue weighted by atomic mass is 16.5. The van der Waals surface area contributed by atoms with E-state index in [4.69, 9.17) is 15.2 Å². The van der Waals surface area contributed by atoms with Crippen molar-refractivity contribution in [1.29, 1.82) is 0 Å². The average molecular weight is 264 g/mol. The summed E-state index contributed by atoms with van der Waals surface area (Å²) in [6.45, 7) is 1.17. The van der Waals surface area contributed by atoms with Gasteiger partial charge < -0.3 is 20.5 Å². The maximum Gasteiger partial charge on any atom is 0.261 e. The number of carbonyl (C=O) groups excluding carboxylic acids is 1. The Bertz CT molecular complexity index is 448. The van der Waals surface area contributed by atoms with Crippen LogP contribution in [0.15, 0.2) is 18.2 Å². The molecule has 0 radical (unpaired) electrons. The first kappa shape index (κ1) is 13.7. The Morgan fingerprint density at radius 3 is 2.95 bits per heavy atom. The molecule has 0 saturated carbocycles. The standard InChI is InChI=1S/C14H20N2O3/c1-18-13-8-10(9-15)5-6-11(13)19-12-4-2-3-7-16-14(12)17/h5-6,8,12H,2-4,7,9,15H2,1H3,(H,16,17). The lowest BCUT2D eigenvalue weighted by Crippen LogP contribution is -2.36. The van der Waals surface area contributed by atoms with Crippen LogP contribution in [-0.4, -0.2) is 25.7 Å². The zero-order valence-electron chi connectivity index (χ0n) is 11.1. The number of rotatable bonds is 4. The van der Waals surface area contributed by atoms with Gasteiger partial charge in [0.05, 0.1) is 7.11 Å². The second-order valence-electron chi connectivity index (χ2n) is 4.58. The van der Waals surface area contributed by atoms with Gasteiger partial charge in [-0.2, -0.15) is 0 Å². The molecule has 1 saturated heterocycles. The van der Waals surface area contributed by atoms with Gasteiger partial charge in [-0.05, 0) is 37.0 Å². The van der Waals surface area contributed by atoms with Crippen LogP contribution < -0.4 is 20.5 Å². The minimum atomic E-state index is -0.444. The summed E-state index contributed by atoms with van der Waals surface area (Å²) in [4.78, 5) is 11.8. The van der Waals surface area contributed by atoms with E-state index in [0.29, 0.717) is 18.0 Å². The molecule has 1 aliphatic heterocycles. The van der Waals surface area contributed by atoms with E-state index in [9.17, 15) is 4.79 Å². The van der Waals surface area contributed by atoms with Crippen LogP contribution in [0.2, 0.25) is 0 Å². The number of nitrogens with one attached hydrogen (secondary N) is 1.